The molecule has 1 rings (SSSR count). The van der Waals surface area contributed by atoms with Crippen LogP contribution in [0.25, 0.3) is 0 Å². The molecule has 1 aromatic rings. The van der Waals surface area contributed by atoms with Crippen LogP contribution in [0.4, 0.5) is 11.4 Å². The Bertz CT molecular complexity index is 444. The third kappa shape index (κ3) is 5.21. The molecule has 0 aliphatic rings. The Morgan fingerprint density at radius 3 is 2.68 bits per heavy atom. The molecule has 0 amide bonds. The Kier molecular flexibility index (Phi) is 5.69. The van der Waals surface area contributed by atoms with Crippen LogP contribution in [0.5, 0.6) is 0 Å². The molecule has 0 aromatic heterocycles. The van der Waals surface area contributed by atoms with Crippen LogP contribution >= 0.6 is 0 Å². The van der Waals surface area contributed by atoms with Crippen LogP contribution in [-0.2, 0) is 0 Å². The Balaban J connectivity index is 2.58. The molecule has 0 heterocycles. The zero-order valence-electron chi connectivity index (χ0n) is 12.3. The highest BCUT2D eigenvalue weighted by atomic mass is 14.9. The van der Waals surface area contributed by atoms with Gasteiger partial charge in [0.15, 0.2) is 0 Å². The Hall–Kier alpha value is -1.69. The smallest absolute Gasteiger partial charge is 0.0992 e. The maximum Gasteiger partial charge on any atom is 0.0992 e. The highest BCUT2D eigenvalue weighted by Gasteiger charge is 2.17. The minimum Gasteiger partial charge on any atom is -0.397 e. The third-order valence-electron chi connectivity index (χ3n) is 3.40. The predicted molar refractivity (Wildman–Crippen MR) is 82.0 cm³/mol. The molecule has 0 unspecified atom stereocenters. The number of hydrogen-bond donors (Lipinski definition) is 2. The minimum atomic E-state index is 0.240. The van der Waals surface area contributed by atoms with Crippen molar-refractivity contribution in [1.29, 1.82) is 5.26 Å². The number of anilines is 2. The summed E-state index contributed by atoms with van der Waals surface area (Å²) in [6.07, 6.45) is 5.00. The molecule has 0 aliphatic carbocycles. The van der Waals surface area contributed by atoms with E-state index in [1.54, 1.807) is 12.1 Å². The summed E-state index contributed by atoms with van der Waals surface area (Å²) in [5.74, 6) is 0. The normalized spacial score (nSPS) is 11.1. The maximum atomic E-state index is 8.91. The van der Waals surface area contributed by atoms with Gasteiger partial charge in [0.2, 0.25) is 0 Å². The zero-order chi connectivity index (χ0) is 14.3. The van der Waals surface area contributed by atoms with Crippen LogP contribution in [0.15, 0.2) is 18.2 Å². The Morgan fingerprint density at radius 2 is 2.05 bits per heavy atom. The van der Waals surface area contributed by atoms with Crippen LogP contribution in [0, 0.1) is 16.7 Å². The first-order valence-electron chi connectivity index (χ1n) is 7.02. The number of unbranched alkanes of at least 4 members (excludes halogenated alkanes) is 2. The van der Waals surface area contributed by atoms with E-state index in [1.807, 2.05) is 6.07 Å². The van der Waals surface area contributed by atoms with Gasteiger partial charge in [0.1, 0.15) is 0 Å². The van der Waals surface area contributed by atoms with Crippen LogP contribution in [0.2, 0.25) is 0 Å². The number of nitrogens with one attached hydrogen (secondary N) is 1. The van der Waals surface area contributed by atoms with Gasteiger partial charge in [-0.25, -0.2) is 0 Å². The highest BCUT2D eigenvalue weighted by Crippen LogP contribution is 2.26. The first-order chi connectivity index (χ1) is 8.98. The van der Waals surface area contributed by atoms with Crippen molar-refractivity contribution in [2.75, 3.05) is 17.6 Å². The van der Waals surface area contributed by atoms with E-state index >= 15 is 0 Å². The second-order valence-corrected chi connectivity index (χ2v) is 5.89. The first kappa shape index (κ1) is 15.4. The topological polar surface area (TPSA) is 61.8 Å². The van der Waals surface area contributed by atoms with Crippen molar-refractivity contribution in [3.05, 3.63) is 23.8 Å². The van der Waals surface area contributed by atoms with Gasteiger partial charge >= 0.3 is 0 Å². The van der Waals surface area contributed by atoms with E-state index in [4.69, 9.17) is 11.0 Å². The molecule has 3 heteroatoms. The second kappa shape index (κ2) is 7.04. The number of hydrogen-bond acceptors (Lipinski definition) is 3. The van der Waals surface area contributed by atoms with E-state index in [2.05, 4.69) is 32.2 Å². The van der Waals surface area contributed by atoms with Crippen molar-refractivity contribution in [3.63, 3.8) is 0 Å². The van der Waals surface area contributed by atoms with Crippen LogP contribution < -0.4 is 11.1 Å². The standard InChI is InChI=1S/C16H25N3/c1-4-5-6-9-16(2,3)12-19-15-10-13(11-17)7-8-14(15)18/h7-8,10,19H,4-6,9,12,18H2,1-3H3. The van der Waals surface area contributed by atoms with E-state index in [0.717, 1.165) is 12.2 Å². The molecule has 3 nitrogen and oxygen atoms in total. The van der Waals surface area contributed by atoms with E-state index in [1.165, 1.54) is 25.7 Å². The highest BCUT2D eigenvalue weighted by molar-refractivity contribution is 5.68. The van der Waals surface area contributed by atoms with Gasteiger partial charge in [-0.15, -0.1) is 0 Å². The van der Waals surface area contributed by atoms with E-state index in [9.17, 15) is 0 Å². The van der Waals surface area contributed by atoms with Crippen LogP contribution in [0.1, 0.15) is 52.0 Å². The molecule has 0 bridgehead atoms. The second-order valence-electron chi connectivity index (χ2n) is 5.89. The van der Waals surface area contributed by atoms with Crippen molar-refractivity contribution in [2.24, 2.45) is 5.41 Å². The van der Waals surface area contributed by atoms with Crippen molar-refractivity contribution in [2.45, 2.75) is 46.5 Å². The lowest BCUT2D eigenvalue weighted by atomic mass is 9.87. The molecule has 19 heavy (non-hydrogen) atoms. The van der Waals surface area contributed by atoms with Gasteiger partial charge in [-0.2, -0.15) is 5.26 Å². The number of rotatable bonds is 7. The average molecular weight is 259 g/mol. The summed E-state index contributed by atoms with van der Waals surface area (Å²) in [5, 5.41) is 12.3. The molecule has 0 aliphatic heterocycles. The lowest BCUT2D eigenvalue weighted by Gasteiger charge is -2.26. The van der Waals surface area contributed by atoms with Crippen molar-refractivity contribution in [3.8, 4) is 6.07 Å². The summed E-state index contributed by atoms with van der Waals surface area (Å²) in [6, 6.07) is 7.48. The monoisotopic (exact) mass is 259 g/mol. The van der Waals surface area contributed by atoms with Gasteiger partial charge in [0.25, 0.3) is 0 Å². The molecule has 0 fully saturated rings. The summed E-state index contributed by atoms with van der Waals surface area (Å²) in [5.41, 5.74) is 8.36. The van der Waals surface area contributed by atoms with Gasteiger partial charge in [-0.3, -0.25) is 0 Å². The van der Waals surface area contributed by atoms with Crippen molar-refractivity contribution < 1.29 is 0 Å². The number of nitrogen functional groups attached to an aromatic ring is 1. The number of nitrogens with zero attached hydrogens (tertiary/aromatic N) is 1. The van der Waals surface area contributed by atoms with Crippen molar-refractivity contribution in [1.82, 2.24) is 0 Å². The molecular formula is C16H25N3. The van der Waals surface area contributed by atoms with Gasteiger partial charge in [-0.05, 0) is 30.0 Å². The molecule has 0 saturated carbocycles. The molecule has 0 saturated heterocycles. The van der Waals surface area contributed by atoms with Gasteiger partial charge in [0.05, 0.1) is 23.0 Å². The molecule has 0 atom stereocenters. The predicted octanol–water partition coefficient (Wildman–Crippen LogP) is 4.16. The fraction of sp³-hybridized carbons (Fsp3) is 0.562. The van der Waals surface area contributed by atoms with E-state index in [0.29, 0.717) is 11.3 Å². The molecule has 0 spiro atoms. The summed E-state index contributed by atoms with van der Waals surface area (Å²) < 4.78 is 0. The molecule has 104 valence electrons. The average Bonchev–Trinajstić information content (AvgIpc) is 2.38. The summed E-state index contributed by atoms with van der Waals surface area (Å²) in [7, 11) is 0. The Labute approximate surface area is 116 Å². The Morgan fingerprint density at radius 1 is 1.32 bits per heavy atom. The van der Waals surface area contributed by atoms with E-state index < -0.39 is 0 Å². The number of nitrogens with two attached hydrogens (primary N) is 1. The van der Waals surface area contributed by atoms with Gasteiger partial charge in [0, 0.05) is 6.54 Å². The molecule has 3 N–H and O–H groups in total. The minimum absolute atomic E-state index is 0.240. The molecular weight excluding hydrogens is 234 g/mol. The van der Waals surface area contributed by atoms with Gasteiger partial charge < -0.3 is 11.1 Å². The summed E-state index contributed by atoms with van der Waals surface area (Å²) in [6.45, 7) is 7.62. The first-order valence-corrected chi connectivity index (χ1v) is 7.02. The lowest BCUT2D eigenvalue weighted by Crippen LogP contribution is -2.23. The maximum absolute atomic E-state index is 8.91. The van der Waals surface area contributed by atoms with Crippen molar-refractivity contribution >= 4 is 11.4 Å². The van der Waals surface area contributed by atoms with Crippen LogP contribution in [0.3, 0.4) is 0 Å². The van der Waals surface area contributed by atoms with Crippen LogP contribution in [-0.4, -0.2) is 6.54 Å². The summed E-state index contributed by atoms with van der Waals surface area (Å²) >= 11 is 0. The SMILES string of the molecule is CCCCCC(C)(C)CNc1cc(C#N)ccc1N. The fourth-order valence-electron chi connectivity index (χ4n) is 2.06. The largest absolute Gasteiger partial charge is 0.397 e. The number of nitriles is 1. The fourth-order valence-corrected chi connectivity index (χ4v) is 2.06. The lowest BCUT2D eigenvalue weighted by molar-refractivity contribution is 0.342. The molecule has 1 aromatic carbocycles. The van der Waals surface area contributed by atoms with Gasteiger partial charge in [-0.1, -0.05) is 40.0 Å². The summed E-state index contributed by atoms with van der Waals surface area (Å²) in [4.78, 5) is 0. The number of benzene rings is 1. The van der Waals surface area contributed by atoms with E-state index in [-0.39, 0.29) is 5.41 Å². The zero-order valence-corrected chi connectivity index (χ0v) is 12.3. The molecule has 0 radical (unpaired) electrons. The third-order valence-corrected chi connectivity index (χ3v) is 3.40. The quantitative estimate of drug-likeness (QED) is 0.571.